The zero-order valence-corrected chi connectivity index (χ0v) is 14.2. The van der Waals surface area contributed by atoms with Crippen LogP contribution in [0.1, 0.15) is 26.7 Å². The van der Waals surface area contributed by atoms with Crippen molar-refractivity contribution in [1.29, 1.82) is 0 Å². The lowest BCUT2D eigenvalue weighted by atomic mass is 9.93. The zero-order chi connectivity index (χ0) is 18.4. The molecule has 0 aromatic heterocycles. The Bertz CT molecular complexity index is 670. The van der Waals surface area contributed by atoms with Crippen LogP contribution in [0.25, 0.3) is 0 Å². The predicted molar refractivity (Wildman–Crippen MR) is 89.6 cm³/mol. The third kappa shape index (κ3) is 4.14. The molecule has 8 nitrogen and oxygen atoms in total. The van der Waals surface area contributed by atoms with Crippen molar-refractivity contribution in [2.24, 2.45) is 0 Å². The number of benzene rings is 1. The van der Waals surface area contributed by atoms with Gasteiger partial charge in [-0.05, 0) is 25.0 Å². The van der Waals surface area contributed by atoms with Crippen molar-refractivity contribution < 1.29 is 23.9 Å². The van der Waals surface area contributed by atoms with Gasteiger partial charge in [0.05, 0.1) is 0 Å². The van der Waals surface area contributed by atoms with Crippen LogP contribution in [-0.2, 0) is 19.1 Å². The molecule has 0 saturated carbocycles. The summed E-state index contributed by atoms with van der Waals surface area (Å²) in [5.41, 5.74) is -0.393. The van der Waals surface area contributed by atoms with Crippen LogP contribution in [0.2, 0.25) is 0 Å². The second kappa shape index (κ2) is 7.78. The maximum atomic E-state index is 12.4. The van der Waals surface area contributed by atoms with E-state index >= 15 is 0 Å². The lowest BCUT2D eigenvalue weighted by Crippen LogP contribution is -2.46. The van der Waals surface area contributed by atoms with Gasteiger partial charge in [0.1, 0.15) is 12.1 Å². The molecule has 2 N–H and O–H groups in total. The van der Waals surface area contributed by atoms with Crippen molar-refractivity contribution in [3.8, 4) is 0 Å². The largest absolute Gasteiger partial charge is 0.454 e. The van der Waals surface area contributed by atoms with E-state index in [1.165, 1.54) is 0 Å². The highest BCUT2D eigenvalue weighted by molar-refractivity contribution is 6.08. The third-order valence-electron chi connectivity index (χ3n) is 4.16. The summed E-state index contributed by atoms with van der Waals surface area (Å²) in [6.45, 7) is 2.56. The molecule has 1 fully saturated rings. The fraction of sp³-hybridized carbons (Fsp3) is 0.412. The molecule has 1 heterocycles. The minimum Gasteiger partial charge on any atom is -0.454 e. The Kier molecular flexibility index (Phi) is 5.74. The molecule has 1 aromatic carbocycles. The fourth-order valence-corrected chi connectivity index (χ4v) is 2.59. The van der Waals surface area contributed by atoms with E-state index in [9.17, 15) is 19.2 Å². The number of anilines is 1. The number of ether oxygens (including phenoxy) is 1. The summed E-state index contributed by atoms with van der Waals surface area (Å²) in [6.07, 6.45) is 0.859. The number of hydrogen-bond acceptors (Lipinski definition) is 5. The van der Waals surface area contributed by atoms with E-state index in [1.807, 2.05) is 0 Å². The molecular formula is C17H21N3O5. The van der Waals surface area contributed by atoms with Gasteiger partial charge >= 0.3 is 12.0 Å². The Labute approximate surface area is 145 Å². The Balaban J connectivity index is 1.85. The van der Waals surface area contributed by atoms with E-state index < -0.39 is 42.5 Å². The standard InChI is InChI=1S/C17H21N3O5/c1-3-17(4-2)15(23)20(16(24)19-17)10-14(22)25-11-13(21)18-12-8-6-5-7-9-12/h5-9H,3-4,10-11H2,1-2H3,(H,18,21)(H,19,24). The molecule has 0 atom stereocenters. The monoisotopic (exact) mass is 347 g/mol. The normalized spacial score (nSPS) is 15.7. The van der Waals surface area contributed by atoms with Gasteiger partial charge in [-0.15, -0.1) is 0 Å². The molecule has 0 bridgehead atoms. The van der Waals surface area contributed by atoms with E-state index in [-0.39, 0.29) is 0 Å². The molecule has 0 spiro atoms. The van der Waals surface area contributed by atoms with Gasteiger partial charge in [-0.3, -0.25) is 19.3 Å². The maximum Gasteiger partial charge on any atom is 0.326 e. The van der Waals surface area contributed by atoms with E-state index in [4.69, 9.17) is 4.74 Å². The molecular weight excluding hydrogens is 326 g/mol. The number of imide groups is 1. The molecule has 1 saturated heterocycles. The number of nitrogens with zero attached hydrogens (tertiary/aromatic N) is 1. The number of hydrogen-bond donors (Lipinski definition) is 2. The Hall–Kier alpha value is -2.90. The second-order valence-corrected chi connectivity index (χ2v) is 5.69. The maximum absolute atomic E-state index is 12.4. The molecule has 0 unspecified atom stereocenters. The molecule has 0 radical (unpaired) electrons. The van der Waals surface area contributed by atoms with Gasteiger partial charge < -0.3 is 15.4 Å². The van der Waals surface area contributed by atoms with Gasteiger partial charge in [0.15, 0.2) is 6.61 Å². The highest BCUT2D eigenvalue weighted by Crippen LogP contribution is 2.24. The first-order chi connectivity index (χ1) is 11.9. The van der Waals surface area contributed by atoms with E-state index in [0.717, 1.165) is 4.90 Å². The molecule has 2 rings (SSSR count). The van der Waals surface area contributed by atoms with Gasteiger partial charge in [-0.2, -0.15) is 0 Å². The number of nitrogens with one attached hydrogen (secondary N) is 2. The first kappa shape index (κ1) is 18.4. The van der Waals surface area contributed by atoms with Crippen molar-refractivity contribution >= 4 is 29.5 Å². The first-order valence-corrected chi connectivity index (χ1v) is 8.06. The molecule has 4 amide bonds. The predicted octanol–water partition coefficient (Wildman–Crippen LogP) is 1.28. The van der Waals surface area contributed by atoms with Crippen LogP contribution in [0.3, 0.4) is 0 Å². The van der Waals surface area contributed by atoms with E-state index in [2.05, 4.69) is 10.6 Å². The summed E-state index contributed by atoms with van der Waals surface area (Å²) in [7, 11) is 0. The number of esters is 1. The van der Waals surface area contributed by atoms with Crippen LogP contribution in [-0.4, -0.2) is 47.4 Å². The first-order valence-electron chi connectivity index (χ1n) is 8.06. The molecule has 25 heavy (non-hydrogen) atoms. The molecule has 8 heteroatoms. The summed E-state index contributed by atoms with van der Waals surface area (Å²) < 4.78 is 4.85. The van der Waals surface area contributed by atoms with Crippen LogP contribution >= 0.6 is 0 Å². The Morgan fingerprint density at radius 3 is 2.36 bits per heavy atom. The van der Waals surface area contributed by atoms with Crippen LogP contribution in [0.4, 0.5) is 10.5 Å². The highest BCUT2D eigenvalue weighted by atomic mass is 16.5. The lowest BCUT2D eigenvalue weighted by Gasteiger charge is -2.22. The van der Waals surface area contributed by atoms with Gasteiger partial charge in [-0.25, -0.2) is 4.79 Å². The highest BCUT2D eigenvalue weighted by Gasteiger charge is 2.49. The third-order valence-corrected chi connectivity index (χ3v) is 4.16. The summed E-state index contributed by atoms with van der Waals surface area (Å²) in [4.78, 5) is 48.7. The number of carbonyl (C=O) groups is 4. The summed E-state index contributed by atoms with van der Waals surface area (Å²) in [5.74, 6) is -1.78. The van der Waals surface area contributed by atoms with Gasteiger partial charge in [0, 0.05) is 5.69 Å². The zero-order valence-electron chi connectivity index (χ0n) is 14.2. The SMILES string of the molecule is CCC1(CC)NC(=O)N(CC(=O)OCC(=O)Nc2ccccc2)C1=O. The van der Waals surface area contributed by atoms with Crippen molar-refractivity contribution in [2.75, 3.05) is 18.5 Å². The minimum absolute atomic E-state index is 0.430. The van der Waals surface area contributed by atoms with Crippen molar-refractivity contribution in [3.05, 3.63) is 30.3 Å². The van der Waals surface area contributed by atoms with Gasteiger partial charge in [0.25, 0.3) is 11.8 Å². The smallest absolute Gasteiger partial charge is 0.326 e. The molecule has 1 aromatic rings. The second-order valence-electron chi connectivity index (χ2n) is 5.69. The van der Waals surface area contributed by atoms with Crippen LogP contribution in [0.5, 0.6) is 0 Å². The molecule has 1 aliphatic rings. The average Bonchev–Trinajstić information content (AvgIpc) is 2.85. The summed E-state index contributed by atoms with van der Waals surface area (Å²) in [5, 5.41) is 5.18. The number of carbonyl (C=O) groups excluding carboxylic acids is 4. The lowest BCUT2D eigenvalue weighted by molar-refractivity contribution is -0.150. The average molecular weight is 347 g/mol. The van der Waals surface area contributed by atoms with Crippen LogP contribution < -0.4 is 10.6 Å². The molecule has 134 valence electrons. The van der Waals surface area contributed by atoms with Crippen molar-refractivity contribution in [2.45, 2.75) is 32.2 Å². The Morgan fingerprint density at radius 2 is 1.80 bits per heavy atom. The van der Waals surface area contributed by atoms with Crippen molar-refractivity contribution in [1.82, 2.24) is 10.2 Å². The quantitative estimate of drug-likeness (QED) is 0.571. The van der Waals surface area contributed by atoms with Crippen LogP contribution in [0.15, 0.2) is 30.3 Å². The van der Waals surface area contributed by atoms with Gasteiger partial charge in [-0.1, -0.05) is 32.0 Å². The minimum atomic E-state index is -0.970. The number of amides is 4. The van der Waals surface area contributed by atoms with E-state index in [0.29, 0.717) is 18.5 Å². The Morgan fingerprint density at radius 1 is 1.16 bits per heavy atom. The summed E-state index contributed by atoms with van der Waals surface area (Å²) in [6, 6.07) is 8.09. The molecule has 0 aliphatic carbocycles. The topological polar surface area (TPSA) is 105 Å². The number of rotatable bonds is 7. The van der Waals surface area contributed by atoms with Crippen LogP contribution in [0, 0.1) is 0 Å². The van der Waals surface area contributed by atoms with E-state index in [1.54, 1.807) is 44.2 Å². The van der Waals surface area contributed by atoms with Crippen molar-refractivity contribution in [3.63, 3.8) is 0 Å². The molecule has 1 aliphatic heterocycles. The fourth-order valence-electron chi connectivity index (χ4n) is 2.59. The summed E-state index contributed by atoms with van der Waals surface area (Å²) >= 11 is 0. The van der Waals surface area contributed by atoms with Gasteiger partial charge in [0.2, 0.25) is 0 Å². The number of para-hydroxylation sites is 1. The number of urea groups is 1.